The zero-order chi connectivity index (χ0) is 18.7. The Morgan fingerprint density at radius 1 is 1.16 bits per heavy atom. The number of amides is 1. The standard InChI is InChI=1S/C18H26N2O5/c1-18(2,3)25-17(22)19-10-12-24-16(9-11-21)20-13-14-5-7-15(23-4)8-6-14/h5-9,11,20H,10,12-13H2,1-4H3,(H,19,22)/b16-9+. The molecule has 1 aromatic rings. The largest absolute Gasteiger partial charge is 0.497 e. The summed E-state index contributed by atoms with van der Waals surface area (Å²) in [6.45, 7) is 6.32. The van der Waals surface area contributed by atoms with Crippen molar-refractivity contribution in [2.45, 2.75) is 32.9 Å². The number of ether oxygens (including phenoxy) is 3. The lowest BCUT2D eigenvalue weighted by Crippen LogP contribution is -2.34. The van der Waals surface area contributed by atoms with Gasteiger partial charge in [0.1, 0.15) is 24.2 Å². The minimum atomic E-state index is -0.548. The van der Waals surface area contributed by atoms with Gasteiger partial charge in [0.05, 0.1) is 13.7 Å². The van der Waals surface area contributed by atoms with E-state index in [1.54, 1.807) is 27.9 Å². The second kappa shape index (κ2) is 10.2. The smallest absolute Gasteiger partial charge is 0.407 e. The maximum absolute atomic E-state index is 11.5. The Morgan fingerprint density at radius 2 is 1.84 bits per heavy atom. The van der Waals surface area contributed by atoms with Gasteiger partial charge in [0.2, 0.25) is 0 Å². The number of allylic oxidation sites excluding steroid dienone is 1. The molecular weight excluding hydrogens is 324 g/mol. The first-order valence-electron chi connectivity index (χ1n) is 7.96. The molecule has 0 fully saturated rings. The van der Waals surface area contributed by atoms with Crippen LogP contribution in [0.25, 0.3) is 0 Å². The number of methoxy groups -OCH3 is 1. The van der Waals surface area contributed by atoms with Gasteiger partial charge in [-0.1, -0.05) is 12.1 Å². The third-order valence-corrected chi connectivity index (χ3v) is 2.87. The van der Waals surface area contributed by atoms with Crippen LogP contribution in [0.3, 0.4) is 0 Å². The van der Waals surface area contributed by atoms with E-state index in [9.17, 15) is 9.59 Å². The molecule has 0 heterocycles. The normalized spacial score (nSPS) is 11.4. The van der Waals surface area contributed by atoms with E-state index in [0.29, 0.717) is 18.7 Å². The SMILES string of the molecule is COc1ccc(CN/C(=C\C=O)OCCNC(=O)OC(C)(C)C)cc1. The highest BCUT2D eigenvalue weighted by Gasteiger charge is 2.15. The molecule has 0 aliphatic carbocycles. The van der Waals surface area contributed by atoms with Crippen LogP contribution >= 0.6 is 0 Å². The summed E-state index contributed by atoms with van der Waals surface area (Å²) in [5.41, 5.74) is 0.459. The summed E-state index contributed by atoms with van der Waals surface area (Å²) < 4.78 is 15.7. The molecule has 0 unspecified atom stereocenters. The Labute approximate surface area is 148 Å². The number of hydrogen-bond donors (Lipinski definition) is 2. The van der Waals surface area contributed by atoms with Crippen LogP contribution in [0, 0.1) is 0 Å². The van der Waals surface area contributed by atoms with Crippen LogP contribution in [-0.4, -0.2) is 38.2 Å². The minimum Gasteiger partial charge on any atom is -0.497 e. The molecule has 25 heavy (non-hydrogen) atoms. The summed E-state index contributed by atoms with van der Waals surface area (Å²) in [5, 5.41) is 5.60. The van der Waals surface area contributed by atoms with Crippen LogP contribution in [-0.2, 0) is 20.8 Å². The van der Waals surface area contributed by atoms with Gasteiger partial charge in [-0.25, -0.2) is 4.79 Å². The molecule has 1 rings (SSSR count). The van der Waals surface area contributed by atoms with Gasteiger partial charge in [-0.15, -0.1) is 0 Å². The van der Waals surface area contributed by atoms with Crippen molar-refractivity contribution in [2.75, 3.05) is 20.3 Å². The predicted molar refractivity (Wildman–Crippen MR) is 94.2 cm³/mol. The molecule has 7 nitrogen and oxygen atoms in total. The van der Waals surface area contributed by atoms with Crippen molar-refractivity contribution in [3.8, 4) is 5.75 Å². The molecule has 0 aliphatic heterocycles. The van der Waals surface area contributed by atoms with Gasteiger partial charge in [0.15, 0.2) is 5.88 Å². The predicted octanol–water partition coefficient (Wildman–Crippen LogP) is 2.37. The summed E-state index contributed by atoms with van der Waals surface area (Å²) in [5.74, 6) is 1.11. The Kier molecular flexibility index (Phi) is 8.32. The maximum atomic E-state index is 11.5. The van der Waals surface area contributed by atoms with Crippen LogP contribution in [0.4, 0.5) is 4.79 Å². The Bertz CT molecular complexity index is 576. The number of carbonyl (C=O) groups excluding carboxylic acids is 2. The van der Waals surface area contributed by atoms with Crippen LogP contribution < -0.4 is 15.4 Å². The molecule has 7 heteroatoms. The average Bonchev–Trinajstić information content (AvgIpc) is 2.55. The van der Waals surface area contributed by atoms with Crippen LogP contribution in [0.1, 0.15) is 26.3 Å². The first-order chi connectivity index (χ1) is 11.8. The summed E-state index contributed by atoms with van der Waals surface area (Å²) in [6, 6.07) is 7.53. The minimum absolute atomic E-state index is 0.203. The van der Waals surface area contributed by atoms with Gasteiger partial charge >= 0.3 is 6.09 Å². The van der Waals surface area contributed by atoms with Gasteiger partial charge in [-0.2, -0.15) is 0 Å². The lowest BCUT2D eigenvalue weighted by Gasteiger charge is -2.19. The molecule has 138 valence electrons. The lowest BCUT2D eigenvalue weighted by atomic mass is 10.2. The highest BCUT2D eigenvalue weighted by atomic mass is 16.6. The maximum Gasteiger partial charge on any atom is 0.407 e. The topological polar surface area (TPSA) is 85.9 Å². The molecule has 0 spiro atoms. The number of benzene rings is 1. The van der Waals surface area contributed by atoms with Crippen molar-refractivity contribution in [2.24, 2.45) is 0 Å². The van der Waals surface area contributed by atoms with Crippen molar-refractivity contribution in [1.29, 1.82) is 0 Å². The van der Waals surface area contributed by atoms with E-state index in [0.717, 1.165) is 11.3 Å². The third-order valence-electron chi connectivity index (χ3n) is 2.87. The van der Waals surface area contributed by atoms with E-state index in [1.807, 2.05) is 24.3 Å². The van der Waals surface area contributed by atoms with Crippen molar-refractivity contribution in [3.05, 3.63) is 41.8 Å². The van der Waals surface area contributed by atoms with Gasteiger partial charge in [0, 0.05) is 12.6 Å². The van der Waals surface area contributed by atoms with Gasteiger partial charge in [-0.3, -0.25) is 4.79 Å². The van der Waals surface area contributed by atoms with Crippen LogP contribution in [0.2, 0.25) is 0 Å². The molecule has 1 aromatic carbocycles. The summed E-state index contributed by atoms with van der Waals surface area (Å²) in [7, 11) is 1.61. The van der Waals surface area contributed by atoms with Crippen molar-refractivity contribution < 1.29 is 23.8 Å². The molecule has 0 aliphatic rings. The van der Waals surface area contributed by atoms with E-state index >= 15 is 0 Å². The Hall–Kier alpha value is -2.70. The molecule has 1 amide bonds. The molecule has 2 N–H and O–H groups in total. The molecule has 0 radical (unpaired) electrons. The fourth-order valence-corrected chi connectivity index (χ4v) is 1.78. The monoisotopic (exact) mass is 350 g/mol. The van der Waals surface area contributed by atoms with Crippen LogP contribution in [0.15, 0.2) is 36.2 Å². The second-order valence-electron chi connectivity index (χ2n) is 6.15. The number of aldehydes is 1. The number of alkyl carbamates (subject to hydrolysis) is 1. The van der Waals surface area contributed by atoms with E-state index in [4.69, 9.17) is 14.2 Å². The zero-order valence-electron chi connectivity index (χ0n) is 15.1. The molecule has 0 saturated carbocycles. The average molecular weight is 350 g/mol. The number of hydrogen-bond acceptors (Lipinski definition) is 6. The zero-order valence-corrected chi connectivity index (χ0v) is 15.1. The summed E-state index contributed by atoms with van der Waals surface area (Å²) >= 11 is 0. The molecule has 0 saturated heterocycles. The van der Waals surface area contributed by atoms with Gasteiger partial charge < -0.3 is 24.8 Å². The van der Waals surface area contributed by atoms with E-state index < -0.39 is 11.7 Å². The van der Waals surface area contributed by atoms with E-state index in [2.05, 4.69) is 10.6 Å². The fourth-order valence-electron chi connectivity index (χ4n) is 1.78. The highest BCUT2D eigenvalue weighted by Crippen LogP contribution is 2.11. The molecular formula is C18H26N2O5. The summed E-state index contributed by atoms with van der Waals surface area (Å²) in [6.07, 6.45) is 1.41. The van der Waals surface area contributed by atoms with Crippen molar-refractivity contribution >= 4 is 12.4 Å². The second-order valence-corrected chi connectivity index (χ2v) is 6.15. The third kappa shape index (κ3) is 9.24. The van der Waals surface area contributed by atoms with Gasteiger partial charge in [0.25, 0.3) is 0 Å². The number of nitrogens with one attached hydrogen (secondary N) is 2. The lowest BCUT2D eigenvalue weighted by molar-refractivity contribution is -0.104. The number of rotatable bonds is 9. The van der Waals surface area contributed by atoms with Gasteiger partial charge in [-0.05, 0) is 38.5 Å². The first kappa shape index (κ1) is 20.3. The van der Waals surface area contributed by atoms with Crippen LogP contribution in [0.5, 0.6) is 5.75 Å². The molecule has 0 atom stereocenters. The van der Waals surface area contributed by atoms with Crippen molar-refractivity contribution in [3.63, 3.8) is 0 Å². The molecule has 0 aromatic heterocycles. The van der Waals surface area contributed by atoms with E-state index in [-0.39, 0.29) is 13.2 Å². The number of carbonyl (C=O) groups is 2. The fraction of sp³-hybridized carbons (Fsp3) is 0.444. The molecule has 0 bridgehead atoms. The first-order valence-corrected chi connectivity index (χ1v) is 7.96. The Balaban J connectivity index is 2.35. The highest BCUT2D eigenvalue weighted by molar-refractivity contribution is 5.67. The summed E-state index contributed by atoms with van der Waals surface area (Å²) in [4.78, 5) is 22.2. The van der Waals surface area contributed by atoms with Crippen molar-refractivity contribution in [1.82, 2.24) is 10.6 Å². The van der Waals surface area contributed by atoms with E-state index in [1.165, 1.54) is 6.08 Å². The quantitative estimate of drug-likeness (QED) is 0.308. The Morgan fingerprint density at radius 3 is 2.40 bits per heavy atom.